The first-order valence-corrected chi connectivity index (χ1v) is 4.06. The van der Waals surface area contributed by atoms with Crippen LogP contribution in [0.5, 0.6) is 0 Å². The molecule has 0 unspecified atom stereocenters. The molecule has 1 aromatic heterocycles. The highest BCUT2D eigenvalue weighted by molar-refractivity contribution is 5.12. The number of nitrogen functional groups attached to an aromatic ring is 1. The van der Waals surface area contributed by atoms with E-state index in [2.05, 4.69) is 34.3 Å². The number of hydrogen-bond donors (Lipinski definition) is 3. The summed E-state index contributed by atoms with van der Waals surface area (Å²) in [5.74, 6) is 1.73. The number of rotatable bonds is 4. The maximum atomic E-state index is 5.33. The van der Waals surface area contributed by atoms with E-state index in [4.69, 9.17) is 5.73 Å². The summed E-state index contributed by atoms with van der Waals surface area (Å²) in [6.45, 7) is 5.98. The Kier molecular flexibility index (Phi) is 3.04. The molecule has 12 heavy (non-hydrogen) atoms. The molecule has 0 aliphatic carbocycles. The first kappa shape index (κ1) is 8.99. The van der Waals surface area contributed by atoms with Gasteiger partial charge in [-0.3, -0.25) is 5.10 Å². The number of aromatic nitrogens is 3. The Labute approximate surface area is 71.8 Å². The van der Waals surface area contributed by atoms with Crippen LogP contribution in [-0.2, 0) is 6.54 Å². The molecule has 5 nitrogen and oxygen atoms in total. The highest BCUT2D eigenvalue weighted by Gasteiger charge is 1.98. The monoisotopic (exact) mass is 169 g/mol. The van der Waals surface area contributed by atoms with Crippen molar-refractivity contribution in [2.24, 2.45) is 5.92 Å². The summed E-state index contributed by atoms with van der Waals surface area (Å²) in [5, 5.41) is 9.67. The molecule has 0 bridgehead atoms. The van der Waals surface area contributed by atoms with Crippen LogP contribution in [0.4, 0.5) is 5.95 Å². The number of H-pyrrole nitrogens is 1. The standard InChI is InChI=1S/C7H15N5/c1-5(2)3-9-4-6-10-7(8)12-11-6/h5,9H,3-4H2,1-2H3,(H3,8,10,11,12). The lowest BCUT2D eigenvalue weighted by Gasteiger charge is -2.04. The van der Waals surface area contributed by atoms with E-state index in [0.717, 1.165) is 12.4 Å². The molecule has 0 radical (unpaired) electrons. The second kappa shape index (κ2) is 4.06. The minimum absolute atomic E-state index is 0.302. The van der Waals surface area contributed by atoms with Gasteiger partial charge in [-0.05, 0) is 12.5 Å². The summed E-state index contributed by atoms with van der Waals surface area (Å²) < 4.78 is 0. The Morgan fingerprint density at radius 1 is 1.58 bits per heavy atom. The van der Waals surface area contributed by atoms with Crippen LogP contribution >= 0.6 is 0 Å². The van der Waals surface area contributed by atoms with Crippen LogP contribution in [0.15, 0.2) is 0 Å². The molecule has 1 aromatic rings. The normalized spacial score (nSPS) is 10.9. The zero-order chi connectivity index (χ0) is 8.97. The third kappa shape index (κ3) is 2.87. The van der Waals surface area contributed by atoms with Gasteiger partial charge in [0, 0.05) is 0 Å². The SMILES string of the molecule is CC(C)CNCc1nc(N)n[nH]1. The molecule has 1 heterocycles. The molecule has 68 valence electrons. The molecule has 0 aliphatic rings. The third-order valence-electron chi connectivity index (χ3n) is 1.39. The molecule has 5 heteroatoms. The van der Waals surface area contributed by atoms with Crippen LogP contribution in [0, 0.1) is 5.92 Å². The van der Waals surface area contributed by atoms with Crippen molar-refractivity contribution < 1.29 is 0 Å². The number of nitrogens with one attached hydrogen (secondary N) is 2. The largest absolute Gasteiger partial charge is 0.367 e. The summed E-state index contributed by atoms with van der Waals surface area (Å²) >= 11 is 0. The summed E-state index contributed by atoms with van der Waals surface area (Å²) in [5.41, 5.74) is 5.33. The molecule has 0 aromatic carbocycles. The average Bonchev–Trinajstić information content (AvgIpc) is 2.35. The van der Waals surface area contributed by atoms with Gasteiger partial charge < -0.3 is 11.1 Å². The van der Waals surface area contributed by atoms with E-state index in [1.54, 1.807) is 0 Å². The van der Waals surface area contributed by atoms with Crippen molar-refractivity contribution in [3.8, 4) is 0 Å². The van der Waals surface area contributed by atoms with Crippen molar-refractivity contribution in [1.82, 2.24) is 20.5 Å². The molecule has 0 fully saturated rings. The fraction of sp³-hybridized carbons (Fsp3) is 0.714. The number of nitrogens with zero attached hydrogens (tertiary/aromatic N) is 2. The number of anilines is 1. The topological polar surface area (TPSA) is 79.6 Å². The van der Waals surface area contributed by atoms with Crippen molar-refractivity contribution in [1.29, 1.82) is 0 Å². The summed E-state index contributed by atoms with van der Waals surface area (Å²) in [4.78, 5) is 3.96. The fourth-order valence-electron chi connectivity index (χ4n) is 0.868. The Morgan fingerprint density at radius 3 is 2.83 bits per heavy atom. The van der Waals surface area contributed by atoms with Gasteiger partial charge in [0.1, 0.15) is 5.82 Å². The van der Waals surface area contributed by atoms with E-state index in [0.29, 0.717) is 18.4 Å². The van der Waals surface area contributed by atoms with E-state index < -0.39 is 0 Å². The Balaban J connectivity index is 2.24. The third-order valence-corrected chi connectivity index (χ3v) is 1.39. The minimum Gasteiger partial charge on any atom is -0.367 e. The number of nitrogens with two attached hydrogens (primary N) is 1. The molecule has 0 saturated carbocycles. The van der Waals surface area contributed by atoms with E-state index in [1.165, 1.54) is 0 Å². The predicted molar refractivity (Wildman–Crippen MR) is 47.3 cm³/mol. The van der Waals surface area contributed by atoms with Crippen LogP contribution in [0.3, 0.4) is 0 Å². The minimum atomic E-state index is 0.302. The van der Waals surface area contributed by atoms with Crippen molar-refractivity contribution >= 4 is 5.95 Å². The van der Waals surface area contributed by atoms with Crippen molar-refractivity contribution in [3.63, 3.8) is 0 Å². The van der Waals surface area contributed by atoms with Crippen LogP contribution in [0.1, 0.15) is 19.7 Å². The molecule has 0 amide bonds. The van der Waals surface area contributed by atoms with Crippen LogP contribution in [0.25, 0.3) is 0 Å². The van der Waals surface area contributed by atoms with Crippen LogP contribution in [0.2, 0.25) is 0 Å². The van der Waals surface area contributed by atoms with Gasteiger partial charge in [0.2, 0.25) is 5.95 Å². The highest BCUT2D eigenvalue weighted by atomic mass is 15.3. The molecule has 0 atom stereocenters. The van der Waals surface area contributed by atoms with Crippen molar-refractivity contribution in [2.75, 3.05) is 12.3 Å². The maximum Gasteiger partial charge on any atom is 0.239 e. The highest BCUT2D eigenvalue weighted by Crippen LogP contribution is 1.93. The first-order valence-electron chi connectivity index (χ1n) is 4.06. The van der Waals surface area contributed by atoms with E-state index in [9.17, 15) is 0 Å². The first-order chi connectivity index (χ1) is 5.68. The van der Waals surface area contributed by atoms with E-state index in [1.807, 2.05) is 0 Å². The summed E-state index contributed by atoms with van der Waals surface area (Å²) in [6, 6.07) is 0. The lowest BCUT2D eigenvalue weighted by atomic mass is 10.2. The quantitative estimate of drug-likeness (QED) is 0.598. The molecule has 0 saturated heterocycles. The lowest BCUT2D eigenvalue weighted by Crippen LogP contribution is -2.19. The molecular formula is C7H15N5. The lowest BCUT2D eigenvalue weighted by molar-refractivity contribution is 0.543. The van der Waals surface area contributed by atoms with E-state index in [-0.39, 0.29) is 0 Å². The van der Waals surface area contributed by atoms with Gasteiger partial charge in [0.15, 0.2) is 0 Å². The van der Waals surface area contributed by atoms with Crippen molar-refractivity contribution in [2.45, 2.75) is 20.4 Å². The second-order valence-electron chi connectivity index (χ2n) is 3.17. The summed E-state index contributed by atoms with van der Waals surface area (Å²) in [6.07, 6.45) is 0. The zero-order valence-electron chi connectivity index (χ0n) is 7.46. The van der Waals surface area contributed by atoms with Gasteiger partial charge in [-0.15, -0.1) is 5.10 Å². The summed E-state index contributed by atoms with van der Waals surface area (Å²) in [7, 11) is 0. The second-order valence-corrected chi connectivity index (χ2v) is 3.17. The van der Waals surface area contributed by atoms with Gasteiger partial charge in [0.25, 0.3) is 0 Å². The van der Waals surface area contributed by atoms with Crippen LogP contribution in [-0.4, -0.2) is 21.7 Å². The smallest absolute Gasteiger partial charge is 0.239 e. The average molecular weight is 169 g/mol. The molecule has 1 rings (SSSR count). The maximum absolute atomic E-state index is 5.33. The zero-order valence-corrected chi connectivity index (χ0v) is 7.46. The van der Waals surface area contributed by atoms with Gasteiger partial charge in [0.05, 0.1) is 6.54 Å². The van der Waals surface area contributed by atoms with E-state index >= 15 is 0 Å². The van der Waals surface area contributed by atoms with Crippen LogP contribution < -0.4 is 11.1 Å². The number of aromatic amines is 1. The molecule has 0 spiro atoms. The Hall–Kier alpha value is -1.10. The number of hydrogen-bond acceptors (Lipinski definition) is 4. The van der Waals surface area contributed by atoms with Gasteiger partial charge in [-0.2, -0.15) is 4.98 Å². The van der Waals surface area contributed by atoms with Gasteiger partial charge >= 0.3 is 0 Å². The van der Waals surface area contributed by atoms with Crippen molar-refractivity contribution in [3.05, 3.63) is 5.82 Å². The molecular weight excluding hydrogens is 154 g/mol. The predicted octanol–water partition coefficient (Wildman–Crippen LogP) is 0.132. The van der Waals surface area contributed by atoms with Gasteiger partial charge in [-0.25, -0.2) is 0 Å². The molecule has 4 N–H and O–H groups in total. The van der Waals surface area contributed by atoms with Gasteiger partial charge in [-0.1, -0.05) is 13.8 Å². The Bertz CT molecular complexity index is 229. The fourth-order valence-corrected chi connectivity index (χ4v) is 0.868. The Morgan fingerprint density at radius 2 is 2.33 bits per heavy atom. The molecule has 0 aliphatic heterocycles.